The van der Waals surface area contributed by atoms with Crippen molar-refractivity contribution in [2.45, 2.75) is 32.4 Å². The fourth-order valence-corrected chi connectivity index (χ4v) is 2.20. The van der Waals surface area contributed by atoms with Gasteiger partial charge in [0.15, 0.2) is 6.10 Å². The number of hydrogen-bond donors (Lipinski definition) is 2. The quantitative estimate of drug-likeness (QED) is 0.843. The van der Waals surface area contributed by atoms with E-state index in [9.17, 15) is 4.79 Å². The number of anilines is 1. The summed E-state index contributed by atoms with van der Waals surface area (Å²) in [5, 5.41) is 6.29. The lowest BCUT2D eigenvalue weighted by molar-refractivity contribution is -0.142. The van der Waals surface area contributed by atoms with Gasteiger partial charge in [0.05, 0.1) is 19.8 Å². The van der Waals surface area contributed by atoms with E-state index in [4.69, 9.17) is 9.47 Å². The first-order valence-electron chi connectivity index (χ1n) is 7.54. The SMILES string of the molecule is CCCNC(C)c1ccc(NC(=O)C2COCCO2)cc1. The lowest BCUT2D eigenvalue weighted by Gasteiger charge is -2.22. The molecule has 0 bridgehead atoms. The second kappa shape index (κ2) is 8.12. The first-order valence-corrected chi connectivity index (χ1v) is 7.54. The molecule has 116 valence electrons. The van der Waals surface area contributed by atoms with Gasteiger partial charge in [0.25, 0.3) is 5.91 Å². The highest BCUT2D eigenvalue weighted by Gasteiger charge is 2.22. The third kappa shape index (κ3) is 4.81. The normalized spacial score (nSPS) is 20.0. The monoisotopic (exact) mass is 292 g/mol. The average Bonchev–Trinajstić information content (AvgIpc) is 2.54. The van der Waals surface area contributed by atoms with E-state index in [1.165, 1.54) is 5.56 Å². The van der Waals surface area contributed by atoms with Crippen LogP contribution in [-0.4, -0.2) is 38.4 Å². The van der Waals surface area contributed by atoms with Crippen LogP contribution in [0.5, 0.6) is 0 Å². The van der Waals surface area contributed by atoms with E-state index in [0.717, 1.165) is 18.7 Å². The first kappa shape index (κ1) is 15.9. The molecule has 2 N–H and O–H groups in total. The molecular formula is C16H24N2O3. The lowest BCUT2D eigenvalue weighted by Crippen LogP contribution is -2.39. The van der Waals surface area contributed by atoms with Crippen LogP contribution in [0.25, 0.3) is 0 Å². The number of amides is 1. The van der Waals surface area contributed by atoms with Crippen LogP contribution in [0.2, 0.25) is 0 Å². The number of carbonyl (C=O) groups is 1. The van der Waals surface area contributed by atoms with Crippen molar-refractivity contribution in [1.82, 2.24) is 5.32 Å². The molecule has 0 aliphatic carbocycles. The van der Waals surface area contributed by atoms with Crippen molar-refractivity contribution in [3.8, 4) is 0 Å². The summed E-state index contributed by atoms with van der Waals surface area (Å²) in [4.78, 5) is 12.0. The number of rotatable bonds is 6. The summed E-state index contributed by atoms with van der Waals surface area (Å²) in [6.07, 6.45) is 0.602. The topological polar surface area (TPSA) is 59.6 Å². The Kier molecular flexibility index (Phi) is 6.17. The van der Waals surface area contributed by atoms with Crippen LogP contribution in [0.3, 0.4) is 0 Å². The summed E-state index contributed by atoms with van der Waals surface area (Å²) in [6, 6.07) is 8.20. The Labute approximate surface area is 126 Å². The zero-order chi connectivity index (χ0) is 15.1. The molecule has 2 atom stereocenters. The van der Waals surface area contributed by atoms with Gasteiger partial charge in [0.2, 0.25) is 0 Å². The second-order valence-corrected chi connectivity index (χ2v) is 5.22. The van der Waals surface area contributed by atoms with Gasteiger partial charge in [-0.2, -0.15) is 0 Å². The number of ether oxygens (including phenoxy) is 2. The molecule has 0 radical (unpaired) electrons. The molecule has 2 unspecified atom stereocenters. The molecule has 1 fully saturated rings. The smallest absolute Gasteiger partial charge is 0.255 e. The number of hydrogen-bond acceptors (Lipinski definition) is 4. The minimum atomic E-state index is -0.511. The molecule has 1 aliphatic rings. The van der Waals surface area contributed by atoms with E-state index in [-0.39, 0.29) is 5.91 Å². The van der Waals surface area contributed by atoms with Gasteiger partial charge in [-0.1, -0.05) is 19.1 Å². The summed E-state index contributed by atoms with van der Waals surface area (Å²) in [5.41, 5.74) is 1.99. The zero-order valence-electron chi connectivity index (χ0n) is 12.7. The number of carbonyl (C=O) groups excluding carboxylic acids is 1. The predicted octanol–water partition coefficient (Wildman–Crippen LogP) is 2.10. The minimum absolute atomic E-state index is 0.153. The van der Waals surface area contributed by atoms with Gasteiger partial charge in [0, 0.05) is 11.7 Å². The molecule has 21 heavy (non-hydrogen) atoms. The Balaban J connectivity index is 1.88. The molecule has 2 rings (SSSR count). The molecule has 5 nitrogen and oxygen atoms in total. The van der Waals surface area contributed by atoms with Crippen LogP contribution in [0.4, 0.5) is 5.69 Å². The first-order chi connectivity index (χ1) is 10.2. The minimum Gasteiger partial charge on any atom is -0.376 e. The van der Waals surface area contributed by atoms with Crippen molar-refractivity contribution < 1.29 is 14.3 Å². The van der Waals surface area contributed by atoms with E-state index < -0.39 is 6.10 Å². The largest absolute Gasteiger partial charge is 0.376 e. The van der Waals surface area contributed by atoms with E-state index >= 15 is 0 Å². The maximum absolute atomic E-state index is 12.0. The van der Waals surface area contributed by atoms with E-state index in [2.05, 4.69) is 24.5 Å². The molecule has 1 amide bonds. The average molecular weight is 292 g/mol. The van der Waals surface area contributed by atoms with Crippen LogP contribution in [0.1, 0.15) is 31.9 Å². The summed E-state index contributed by atoms with van der Waals surface area (Å²) in [6.45, 7) is 6.63. The highest BCUT2D eigenvalue weighted by Crippen LogP contribution is 2.16. The Morgan fingerprint density at radius 2 is 2.10 bits per heavy atom. The van der Waals surface area contributed by atoms with Gasteiger partial charge < -0.3 is 20.1 Å². The Hall–Kier alpha value is -1.43. The maximum atomic E-state index is 12.0. The van der Waals surface area contributed by atoms with Crippen molar-refractivity contribution in [3.05, 3.63) is 29.8 Å². The summed E-state index contributed by atoms with van der Waals surface area (Å²) in [5.74, 6) is -0.153. The molecule has 1 aromatic rings. The molecule has 1 saturated heterocycles. The van der Waals surface area contributed by atoms with E-state index in [1.807, 2.05) is 24.3 Å². The zero-order valence-corrected chi connectivity index (χ0v) is 12.7. The van der Waals surface area contributed by atoms with Crippen molar-refractivity contribution >= 4 is 11.6 Å². The van der Waals surface area contributed by atoms with Gasteiger partial charge in [-0.15, -0.1) is 0 Å². The Bertz CT molecular complexity index is 441. The molecule has 5 heteroatoms. The number of benzene rings is 1. The molecule has 0 spiro atoms. The standard InChI is InChI=1S/C16H24N2O3/c1-3-8-17-12(2)13-4-6-14(7-5-13)18-16(19)15-11-20-9-10-21-15/h4-7,12,15,17H,3,8-11H2,1-2H3,(H,18,19). The van der Waals surface area contributed by atoms with Crippen LogP contribution in [-0.2, 0) is 14.3 Å². The highest BCUT2D eigenvalue weighted by atomic mass is 16.6. The Morgan fingerprint density at radius 3 is 2.71 bits per heavy atom. The van der Waals surface area contributed by atoms with Crippen LogP contribution in [0, 0.1) is 0 Å². The van der Waals surface area contributed by atoms with Gasteiger partial charge in [-0.25, -0.2) is 0 Å². The van der Waals surface area contributed by atoms with E-state index in [1.54, 1.807) is 0 Å². The molecule has 1 aromatic carbocycles. The third-order valence-electron chi connectivity index (χ3n) is 3.49. The van der Waals surface area contributed by atoms with Crippen molar-refractivity contribution in [2.75, 3.05) is 31.7 Å². The van der Waals surface area contributed by atoms with Crippen molar-refractivity contribution in [3.63, 3.8) is 0 Å². The highest BCUT2D eigenvalue weighted by molar-refractivity contribution is 5.94. The molecular weight excluding hydrogens is 268 g/mol. The van der Waals surface area contributed by atoms with Gasteiger partial charge in [-0.3, -0.25) is 4.79 Å². The van der Waals surface area contributed by atoms with Crippen LogP contribution < -0.4 is 10.6 Å². The Morgan fingerprint density at radius 1 is 1.33 bits per heavy atom. The second-order valence-electron chi connectivity index (χ2n) is 5.22. The van der Waals surface area contributed by atoms with Crippen LogP contribution in [0.15, 0.2) is 24.3 Å². The van der Waals surface area contributed by atoms with Crippen molar-refractivity contribution in [1.29, 1.82) is 0 Å². The maximum Gasteiger partial charge on any atom is 0.255 e. The van der Waals surface area contributed by atoms with Gasteiger partial charge >= 0.3 is 0 Å². The molecule has 0 saturated carbocycles. The lowest BCUT2D eigenvalue weighted by atomic mass is 10.1. The van der Waals surface area contributed by atoms with E-state index in [0.29, 0.717) is 25.9 Å². The molecule has 1 aliphatic heterocycles. The number of nitrogens with one attached hydrogen (secondary N) is 2. The fourth-order valence-electron chi connectivity index (χ4n) is 2.20. The van der Waals surface area contributed by atoms with Gasteiger partial charge in [-0.05, 0) is 37.6 Å². The van der Waals surface area contributed by atoms with Crippen LogP contribution >= 0.6 is 0 Å². The summed E-state index contributed by atoms with van der Waals surface area (Å²) < 4.78 is 10.6. The third-order valence-corrected chi connectivity index (χ3v) is 3.49. The van der Waals surface area contributed by atoms with Gasteiger partial charge in [0.1, 0.15) is 0 Å². The summed E-state index contributed by atoms with van der Waals surface area (Å²) in [7, 11) is 0. The fraction of sp³-hybridized carbons (Fsp3) is 0.562. The predicted molar refractivity (Wildman–Crippen MR) is 82.3 cm³/mol. The molecule has 1 heterocycles. The summed E-state index contributed by atoms with van der Waals surface area (Å²) >= 11 is 0. The van der Waals surface area contributed by atoms with Crippen molar-refractivity contribution in [2.24, 2.45) is 0 Å². The molecule has 0 aromatic heterocycles.